The van der Waals surface area contributed by atoms with E-state index in [0.717, 1.165) is 23.0 Å². The monoisotopic (exact) mass is 190 g/mol. The summed E-state index contributed by atoms with van der Waals surface area (Å²) >= 11 is 7.51. The molecule has 0 atom stereocenters. The molecule has 0 bridgehead atoms. The van der Waals surface area contributed by atoms with E-state index in [9.17, 15) is 0 Å². The molecule has 0 aliphatic rings. The Morgan fingerprint density at radius 1 is 1.73 bits per heavy atom. The van der Waals surface area contributed by atoms with Gasteiger partial charge in [-0.05, 0) is 12.7 Å². The van der Waals surface area contributed by atoms with Crippen LogP contribution in [0, 0.1) is 0 Å². The van der Waals surface area contributed by atoms with Crippen molar-refractivity contribution in [2.75, 3.05) is 6.26 Å². The highest BCUT2D eigenvalue weighted by Crippen LogP contribution is 2.24. The summed E-state index contributed by atoms with van der Waals surface area (Å²) in [6.07, 6.45) is 4.80. The van der Waals surface area contributed by atoms with Crippen LogP contribution in [0.1, 0.15) is 13.3 Å². The van der Waals surface area contributed by atoms with E-state index in [1.807, 2.05) is 10.9 Å². The van der Waals surface area contributed by atoms with Crippen molar-refractivity contribution in [1.82, 2.24) is 9.78 Å². The van der Waals surface area contributed by atoms with Gasteiger partial charge in [0.25, 0.3) is 0 Å². The number of halogens is 1. The fourth-order valence-electron chi connectivity index (χ4n) is 0.925. The molecule has 0 saturated heterocycles. The number of nitrogens with zero attached hydrogens (tertiary/aromatic N) is 2. The predicted molar refractivity (Wildman–Crippen MR) is 49.3 cm³/mol. The standard InChI is InChI=1S/C7H11ClN2S/c1-3-4-10-7(11-2)6(8)5-9-10/h5H,3-4H2,1-2H3. The molecule has 1 heterocycles. The summed E-state index contributed by atoms with van der Waals surface area (Å²) in [6.45, 7) is 3.07. The second kappa shape index (κ2) is 4.02. The molecule has 0 aromatic carbocycles. The van der Waals surface area contributed by atoms with Crippen LogP contribution in [-0.4, -0.2) is 16.0 Å². The second-order valence-corrected chi connectivity index (χ2v) is 3.43. The fourth-order valence-corrected chi connectivity index (χ4v) is 1.89. The Morgan fingerprint density at radius 2 is 2.45 bits per heavy atom. The molecule has 1 aromatic heterocycles. The van der Waals surface area contributed by atoms with Crippen LogP contribution >= 0.6 is 23.4 Å². The molecular formula is C7H11ClN2S. The van der Waals surface area contributed by atoms with Gasteiger partial charge in [-0.3, -0.25) is 4.68 Å². The first kappa shape index (κ1) is 8.94. The van der Waals surface area contributed by atoms with E-state index >= 15 is 0 Å². The summed E-state index contributed by atoms with van der Waals surface area (Å²) in [6, 6.07) is 0. The van der Waals surface area contributed by atoms with Crippen LogP contribution in [-0.2, 0) is 6.54 Å². The highest BCUT2D eigenvalue weighted by Gasteiger charge is 2.05. The number of hydrogen-bond donors (Lipinski definition) is 0. The highest BCUT2D eigenvalue weighted by molar-refractivity contribution is 7.98. The molecule has 0 aliphatic carbocycles. The molecule has 4 heteroatoms. The average molecular weight is 191 g/mol. The molecule has 0 fully saturated rings. The largest absolute Gasteiger partial charge is 0.258 e. The Labute approximate surface area is 75.9 Å². The Kier molecular flexibility index (Phi) is 3.27. The molecule has 0 saturated carbocycles. The predicted octanol–water partition coefficient (Wildman–Crippen LogP) is 2.67. The van der Waals surface area contributed by atoms with Crippen LogP contribution in [0.5, 0.6) is 0 Å². The molecule has 0 radical (unpaired) electrons. The lowest BCUT2D eigenvalue weighted by molar-refractivity contribution is 0.559. The van der Waals surface area contributed by atoms with Gasteiger partial charge in [0.15, 0.2) is 0 Å². The maximum absolute atomic E-state index is 5.88. The van der Waals surface area contributed by atoms with Crippen molar-refractivity contribution in [1.29, 1.82) is 0 Å². The topological polar surface area (TPSA) is 17.8 Å². The van der Waals surface area contributed by atoms with E-state index in [1.54, 1.807) is 18.0 Å². The first-order valence-electron chi connectivity index (χ1n) is 3.55. The van der Waals surface area contributed by atoms with Gasteiger partial charge in [-0.25, -0.2) is 0 Å². The van der Waals surface area contributed by atoms with Crippen molar-refractivity contribution in [3.8, 4) is 0 Å². The van der Waals surface area contributed by atoms with Crippen molar-refractivity contribution >= 4 is 23.4 Å². The molecule has 0 unspecified atom stereocenters. The van der Waals surface area contributed by atoms with Crippen molar-refractivity contribution < 1.29 is 0 Å². The van der Waals surface area contributed by atoms with E-state index < -0.39 is 0 Å². The molecule has 0 amide bonds. The maximum atomic E-state index is 5.88. The van der Waals surface area contributed by atoms with Gasteiger partial charge in [-0.2, -0.15) is 5.10 Å². The number of aromatic nitrogens is 2. The van der Waals surface area contributed by atoms with Crippen LogP contribution in [0.3, 0.4) is 0 Å². The van der Waals surface area contributed by atoms with Crippen molar-refractivity contribution in [2.24, 2.45) is 0 Å². The van der Waals surface area contributed by atoms with Crippen molar-refractivity contribution in [3.63, 3.8) is 0 Å². The Balaban J connectivity index is 2.86. The second-order valence-electron chi connectivity index (χ2n) is 2.22. The zero-order valence-electron chi connectivity index (χ0n) is 6.67. The summed E-state index contributed by atoms with van der Waals surface area (Å²) < 4.78 is 1.94. The van der Waals surface area contributed by atoms with Crippen LogP contribution < -0.4 is 0 Å². The number of hydrogen-bond acceptors (Lipinski definition) is 2. The van der Waals surface area contributed by atoms with Gasteiger partial charge >= 0.3 is 0 Å². The lowest BCUT2D eigenvalue weighted by Crippen LogP contribution is -1.99. The van der Waals surface area contributed by atoms with Crippen LogP contribution in [0.25, 0.3) is 0 Å². The summed E-state index contributed by atoms with van der Waals surface area (Å²) in [4.78, 5) is 0. The number of aryl methyl sites for hydroxylation is 1. The van der Waals surface area contributed by atoms with Gasteiger partial charge in [0, 0.05) is 6.54 Å². The zero-order chi connectivity index (χ0) is 8.27. The van der Waals surface area contributed by atoms with Gasteiger partial charge in [-0.15, -0.1) is 11.8 Å². The molecule has 0 spiro atoms. The minimum Gasteiger partial charge on any atom is -0.258 e. The van der Waals surface area contributed by atoms with Gasteiger partial charge in [0.05, 0.1) is 11.2 Å². The van der Waals surface area contributed by atoms with E-state index in [0.29, 0.717) is 0 Å². The Morgan fingerprint density at radius 3 is 3.00 bits per heavy atom. The Hall–Kier alpha value is -0.150. The average Bonchev–Trinajstić information content (AvgIpc) is 2.33. The smallest absolute Gasteiger partial charge is 0.112 e. The zero-order valence-corrected chi connectivity index (χ0v) is 8.24. The molecule has 1 rings (SSSR count). The van der Waals surface area contributed by atoms with E-state index in [2.05, 4.69) is 12.0 Å². The van der Waals surface area contributed by atoms with Crippen LogP contribution in [0.15, 0.2) is 11.2 Å². The maximum Gasteiger partial charge on any atom is 0.112 e. The lowest BCUT2D eigenvalue weighted by Gasteiger charge is -2.01. The molecular weight excluding hydrogens is 180 g/mol. The van der Waals surface area contributed by atoms with Gasteiger partial charge in [0.2, 0.25) is 0 Å². The Bertz CT molecular complexity index is 234. The normalized spacial score (nSPS) is 10.5. The lowest BCUT2D eigenvalue weighted by atomic mass is 10.5. The highest BCUT2D eigenvalue weighted by atomic mass is 35.5. The minimum absolute atomic E-state index is 0.756. The van der Waals surface area contributed by atoms with Crippen molar-refractivity contribution in [2.45, 2.75) is 24.9 Å². The SMILES string of the molecule is CCCn1ncc(Cl)c1SC. The van der Waals surface area contributed by atoms with E-state index in [1.165, 1.54) is 0 Å². The number of rotatable bonds is 3. The first-order chi connectivity index (χ1) is 5.29. The fraction of sp³-hybridized carbons (Fsp3) is 0.571. The van der Waals surface area contributed by atoms with Crippen LogP contribution in [0.4, 0.5) is 0 Å². The minimum atomic E-state index is 0.756. The summed E-state index contributed by atoms with van der Waals surface area (Å²) in [7, 11) is 0. The summed E-state index contributed by atoms with van der Waals surface area (Å²) in [5.74, 6) is 0. The first-order valence-corrected chi connectivity index (χ1v) is 5.15. The third-order valence-electron chi connectivity index (χ3n) is 1.38. The number of thioether (sulfide) groups is 1. The molecule has 2 nitrogen and oxygen atoms in total. The molecule has 0 aliphatic heterocycles. The molecule has 1 aromatic rings. The van der Waals surface area contributed by atoms with Crippen LogP contribution in [0.2, 0.25) is 5.02 Å². The van der Waals surface area contributed by atoms with E-state index in [4.69, 9.17) is 11.6 Å². The quantitative estimate of drug-likeness (QED) is 0.683. The molecule has 0 N–H and O–H groups in total. The molecule has 62 valence electrons. The van der Waals surface area contributed by atoms with Gasteiger partial charge in [-0.1, -0.05) is 18.5 Å². The van der Waals surface area contributed by atoms with Gasteiger partial charge < -0.3 is 0 Å². The van der Waals surface area contributed by atoms with Gasteiger partial charge in [0.1, 0.15) is 5.03 Å². The summed E-state index contributed by atoms with van der Waals surface area (Å²) in [5.41, 5.74) is 0. The third-order valence-corrected chi connectivity index (χ3v) is 2.58. The summed E-state index contributed by atoms with van der Waals surface area (Å²) in [5, 5.41) is 5.96. The molecule has 11 heavy (non-hydrogen) atoms. The van der Waals surface area contributed by atoms with E-state index in [-0.39, 0.29) is 0 Å². The third kappa shape index (κ3) is 1.91. The van der Waals surface area contributed by atoms with Crippen molar-refractivity contribution in [3.05, 3.63) is 11.2 Å².